The van der Waals surface area contributed by atoms with Crippen LogP contribution in [0.2, 0.25) is 0 Å². The van der Waals surface area contributed by atoms with Crippen LogP contribution in [-0.4, -0.2) is 42.9 Å². The topological polar surface area (TPSA) is 105 Å². The summed E-state index contributed by atoms with van der Waals surface area (Å²) >= 11 is 0. The molecule has 0 aliphatic carbocycles. The van der Waals surface area contributed by atoms with E-state index in [1.54, 1.807) is 13.2 Å². The van der Waals surface area contributed by atoms with Crippen molar-refractivity contribution in [1.82, 2.24) is 10.2 Å². The number of carbonyl (C=O) groups excluding carboxylic acids is 1. The zero-order valence-electron chi connectivity index (χ0n) is 10.2. The van der Waals surface area contributed by atoms with Gasteiger partial charge in [0.1, 0.15) is 0 Å². The van der Waals surface area contributed by atoms with E-state index in [1.165, 1.54) is 6.07 Å². The van der Waals surface area contributed by atoms with Gasteiger partial charge in [-0.05, 0) is 12.1 Å². The van der Waals surface area contributed by atoms with Crippen LogP contribution in [0.4, 0.5) is 5.82 Å². The standard InChI is InChI=1S/C11H15N5O2/c1-18-8-7-16(6-2-5-12)10-4-3-9(11(13)17)14-15-10/h3-4H,2,6-8H2,1H3,(H2,13,17). The van der Waals surface area contributed by atoms with Gasteiger partial charge in [-0.2, -0.15) is 5.26 Å². The van der Waals surface area contributed by atoms with Gasteiger partial charge in [-0.3, -0.25) is 4.79 Å². The van der Waals surface area contributed by atoms with Crippen molar-refractivity contribution in [1.29, 1.82) is 5.26 Å². The van der Waals surface area contributed by atoms with E-state index in [4.69, 9.17) is 15.7 Å². The van der Waals surface area contributed by atoms with Crippen LogP contribution in [0.25, 0.3) is 0 Å². The highest BCUT2D eigenvalue weighted by molar-refractivity contribution is 5.90. The Morgan fingerprint density at radius 1 is 1.50 bits per heavy atom. The van der Waals surface area contributed by atoms with Crippen LogP contribution in [0.3, 0.4) is 0 Å². The number of hydrogen-bond acceptors (Lipinski definition) is 6. The third-order valence-electron chi connectivity index (χ3n) is 2.29. The Kier molecular flexibility index (Phi) is 5.54. The highest BCUT2D eigenvalue weighted by atomic mass is 16.5. The molecule has 0 fully saturated rings. The molecule has 96 valence electrons. The molecule has 7 heteroatoms. The Bertz CT molecular complexity index is 426. The van der Waals surface area contributed by atoms with Crippen LogP contribution in [0.5, 0.6) is 0 Å². The van der Waals surface area contributed by atoms with Gasteiger partial charge < -0.3 is 15.4 Å². The molecule has 1 aromatic heterocycles. The minimum Gasteiger partial charge on any atom is -0.383 e. The fourth-order valence-electron chi connectivity index (χ4n) is 1.35. The lowest BCUT2D eigenvalue weighted by Crippen LogP contribution is -2.29. The molecule has 18 heavy (non-hydrogen) atoms. The third-order valence-corrected chi connectivity index (χ3v) is 2.29. The second kappa shape index (κ2) is 7.19. The number of aromatic nitrogens is 2. The first kappa shape index (κ1) is 13.9. The highest BCUT2D eigenvalue weighted by Gasteiger charge is 2.09. The third kappa shape index (κ3) is 3.99. The molecule has 1 heterocycles. The summed E-state index contributed by atoms with van der Waals surface area (Å²) in [6.45, 7) is 1.65. The van der Waals surface area contributed by atoms with Gasteiger partial charge >= 0.3 is 0 Å². The Hall–Kier alpha value is -2.20. The van der Waals surface area contributed by atoms with Gasteiger partial charge in [0.2, 0.25) is 0 Å². The molecule has 0 aromatic carbocycles. The summed E-state index contributed by atoms with van der Waals surface area (Å²) in [6, 6.07) is 5.23. The zero-order chi connectivity index (χ0) is 13.4. The summed E-state index contributed by atoms with van der Waals surface area (Å²) in [5.74, 6) is -0.0261. The van der Waals surface area contributed by atoms with Gasteiger partial charge in [-0.25, -0.2) is 0 Å². The molecule has 0 saturated carbocycles. The quantitative estimate of drug-likeness (QED) is 0.725. The van der Waals surface area contributed by atoms with Crippen molar-refractivity contribution in [3.05, 3.63) is 17.8 Å². The van der Waals surface area contributed by atoms with Crippen molar-refractivity contribution in [2.45, 2.75) is 6.42 Å². The molecular formula is C11H15N5O2. The maximum atomic E-state index is 10.9. The average Bonchev–Trinajstić information content (AvgIpc) is 2.39. The van der Waals surface area contributed by atoms with Crippen LogP contribution in [-0.2, 0) is 4.74 Å². The molecule has 0 aliphatic heterocycles. The molecule has 0 saturated heterocycles. The van der Waals surface area contributed by atoms with Gasteiger partial charge in [0.05, 0.1) is 19.1 Å². The molecule has 0 aliphatic rings. The minimum absolute atomic E-state index is 0.116. The predicted molar refractivity (Wildman–Crippen MR) is 64.9 cm³/mol. The summed E-state index contributed by atoms with van der Waals surface area (Å²) in [4.78, 5) is 12.7. The number of methoxy groups -OCH3 is 1. The molecule has 0 bridgehead atoms. The first-order chi connectivity index (χ1) is 8.69. The van der Waals surface area contributed by atoms with E-state index in [0.29, 0.717) is 31.9 Å². The van der Waals surface area contributed by atoms with Crippen LogP contribution in [0, 0.1) is 11.3 Å². The van der Waals surface area contributed by atoms with Crippen molar-refractivity contribution in [2.75, 3.05) is 31.7 Å². The van der Waals surface area contributed by atoms with E-state index in [-0.39, 0.29) is 5.69 Å². The molecule has 2 N–H and O–H groups in total. The van der Waals surface area contributed by atoms with Crippen molar-refractivity contribution in [3.8, 4) is 6.07 Å². The molecule has 1 amide bonds. The van der Waals surface area contributed by atoms with Gasteiger partial charge in [-0.15, -0.1) is 10.2 Å². The number of anilines is 1. The summed E-state index contributed by atoms with van der Waals surface area (Å²) in [5, 5.41) is 16.2. The lowest BCUT2D eigenvalue weighted by atomic mass is 10.3. The molecule has 7 nitrogen and oxygen atoms in total. The molecule has 0 radical (unpaired) electrons. The highest BCUT2D eigenvalue weighted by Crippen LogP contribution is 2.09. The molecule has 0 unspecified atom stereocenters. The van der Waals surface area contributed by atoms with E-state index < -0.39 is 5.91 Å². The van der Waals surface area contributed by atoms with Gasteiger partial charge in [0.15, 0.2) is 11.5 Å². The first-order valence-corrected chi connectivity index (χ1v) is 5.43. The van der Waals surface area contributed by atoms with Crippen LogP contribution in [0.1, 0.15) is 16.9 Å². The molecule has 1 rings (SSSR count). The fraction of sp³-hybridized carbons (Fsp3) is 0.455. The Morgan fingerprint density at radius 3 is 2.78 bits per heavy atom. The number of hydrogen-bond donors (Lipinski definition) is 1. The van der Waals surface area contributed by atoms with Gasteiger partial charge in [-0.1, -0.05) is 0 Å². The summed E-state index contributed by atoms with van der Waals surface area (Å²) < 4.78 is 4.99. The van der Waals surface area contributed by atoms with Crippen LogP contribution >= 0.6 is 0 Å². The fourth-order valence-corrected chi connectivity index (χ4v) is 1.35. The van der Waals surface area contributed by atoms with E-state index in [9.17, 15) is 4.79 Å². The van der Waals surface area contributed by atoms with E-state index in [1.807, 2.05) is 4.90 Å². The van der Waals surface area contributed by atoms with Gasteiger partial charge in [0, 0.05) is 20.2 Å². The lowest BCUT2D eigenvalue weighted by molar-refractivity contribution is 0.0994. The number of amides is 1. The second-order valence-electron chi connectivity index (χ2n) is 3.53. The van der Waals surface area contributed by atoms with Crippen molar-refractivity contribution >= 4 is 11.7 Å². The number of ether oxygens (including phenoxy) is 1. The number of rotatable bonds is 7. The molecular weight excluding hydrogens is 234 g/mol. The van der Waals surface area contributed by atoms with Crippen molar-refractivity contribution < 1.29 is 9.53 Å². The minimum atomic E-state index is -0.616. The Labute approximate surface area is 105 Å². The predicted octanol–water partition coefficient (Wildman–Crippen LogP) is -0.0580. The van der Waals surface area contributed by atoms with Gasteiger partial charge in [0.25, 0.3) is 5.91 Å². The molecule has 0 spiro atoms. The number of nitrogens with zero attached hydrogens (tertiary/aromatic N) is 4. The van der Waals surface area contributed by atoms with Crippen molar-refractivity contribution in [2.24, 2.45) is 5.73 Å². The summed E-state index contributed by atoms with van der Waals surface area (Å²) in [6.07, 6.45) is 0.378. The monoisotopic (exact) mass is 249 g/mol. The van der Waals surface area contributed by atoms with E-state index in [0.717, 1.165) is 0 Å². The maximum Gasteiger partial charge on any atom is 0.269 e. The molecule has 0 atom stereocenters. The average molecular weight is 249 g/mol. The first-order valence-electron chi connectivity index (χ1n) is 5.43. The SMILES string of the molecule is COCCN(CCC#N)c1ccc(C(N)=O)nn1. The number of primary amides is 1. The number of nitriles is 1. The number of carbonyl (C=O) groups is 1. The molecule has 1 aromatic rings. The summed E-state index contributed by atoms with van der Waals surface area (Å²) in [5.41, 5.74) is 5.20. The Balaban J connectivity index is 2.77. The normalized spacial score (nSPS) is 9.78. The lowest BCUT2D eigenvalue weighted by Gasteiger charge is -2.21. The zero-order valence-corrected chi connectivity index (χ0v) is 10.2. The van der Waals surface area contributed by atoms with Crippen LogP contribution < -0.4 is 10.6 Å². The van der Waals surface area contributed by atoms with Crippen LogP contribution in [0.15, 0.2) is 12.1 Å². The maximum absolute atomic E-state index is 10.9. The van der Waals surface area contributed by atoms with Crippen molar-refractivity contribution in [3.63, 3.8) is 0 Å². The van der Waals surface area contributed by atoms with E-state index >= 15 is 0 Å². The second-order valence-corrected chi connectivity index (χ2v) is 3.53. The Morgan fingerprint density at radius 2 is 2.28 bits per heavy atom. The van der Waals surface area contributed by atoms with E-state index in [2.05, 4.69) is 16.3 Å². The smallest absolute Gasteiger partial charge is 0.269 e. The number of nitrogens with two attached hydrogens (primary N) is 1. The largest absolute Gasteiger partial charge is 0.383 e. The summed E-state index contributed by atoms with van der Waals surface area (Å²) in [7, 11) is 1.60.